The molecule has 0 saturated carbocycles. The van der Waals surface area contributed by atoms with Crippen LogP contribution in [0.15, 0.2) is 0 Å². The first-order chi connectivity index (χ1) is 7.13. The molecule has 1 atom stereocenters. The third-order valence-corrected chi connectivity index (χ3v) is 1.68. The Kier molecular flexibility index (Phi) is 4.89. The Labute approximate surface area is 94.7 Å². The highest BCUT2D eigenvalue weighted by molar-refractivity contribution is 6.04. The molecule has 0 aliphatic heterocycles. The summed E-state index contributed by atoms with van der Waals surface area (Å²) in [7, 11) is 0. The first kappa shape index (κ1) is 14.9. The maximum Gasteiger partial charge on any atom is 0.340 e. The Morgan fingerprint density at radius 3 is 2.12 bits per heavy atom. The highest BCUT2D eigenvalue weighted by Crippen LogP contribution is 2.13. The van der Waals surface area contributed by atoms with Gasteiger partial charge in [0.15, 0.2) is 0 Å². The Bertz CT molecular complexity index is 271. The minimum Gasteiger partial charge on any atom is -0.479 e. The summed E-state index contributed by atoms with van der Waals surface area (Å²) >= 11 is 0. The fourth-order valence-electron chi connectivity index (χ4n) is 0.840. The fraction of sp³-hybridized carbons (Fsp3) is 0.800. The highest BCUT2D eigenvalue weighted by Gasteiger charge is 2.45. The maximum absolute atomic E-state index is 11.6. The standard InChI is InChI=1S/C10H19NO5/c1-5-15-6-10(11,7(12)13)8(14)16-9(2,3)4/h5-6,11H2,1-4H3,(H,12,13)/t10-/m0/s1. The van der Waals surface area contributed by atoms with Crippen molar-refractivity contribution in [2.24, 2.45) is 5.73 Å². The molecule has 0 saturated heterocycles. The van der Waals surface area contributed by atoms with Crippen LogP contribution in [0.2, 0.25) is 0 Å². The lowest BCUT2D eigenvalue weighted by Crippen LogP contribution is -2.60. The van der Waals surface area contributed by atoms with Crippen LogP contribution in [0.3, 0.4) is 0 Å². The van der Waals surface area contributed by atoms with Crippen molar-refractivity contribution in [3.63, 3.8) is 0 Å². The van der Waals surface area contributed by atoms with Crippen LogP contribution in [0.1, 0.15) is 27.7 Å². The molecule has 0 aliphatic carbocycles. The van der Waals surface area contributed by atoms with Gasteiger partial charge in [-0.05, 0) is 27.7 Å². The van der Waals surface area contributed by atoms with Gasteiger partial charge in [-0.1, -0.05) is 0 Å². The van der Waals surface area contributed by atoms with E-state index in [1.54, 1.807) is 27.7 Å². The summed E-state index contributed by atoms with van der Waals surface area (Å²) in [5.41, 5.74) is 2.54. The average molecular weight is 233 g/mol. The van der Waals surface area contributed by atoms with E-state index in [9.17, 15) is 9.59 Å². The van der Waals surface area contributed by atoms with Crippen molar-refractivity contribution in [2.45, 2.75) is 38.8 Å². The predicted molar refractivity (Wildman–Crippen MR) is 56.9 cm³/mol. The number of rotatable bonds is 5. The monoisotopic (exact) mass is 233 g/mol. The third-order valence-electron chi connectivity index (χ3n) is 1.68. The molecule has 0 amide bonds. The van der Waals surface area contributed by atoms with Gasteiger partial charge < -0.3 is 20.3 Å². The molecule has 0 heterocycles. The summed E-state index contributed by atoms with van der Waals surface area (Å²) in [6, 6.07) is 0. The van der Waals surface area contributed by atoms with E-state index in [2.05, 4.69) is 0 Å². The molecule has 0 aromatic heterocycles. The summed E-state index contributed by atoms with van der Waals surface area (Å²) < 4.78 is 9.83. The van der Waals surface area contributed by atoms with Crippen LogP contribution in [0.5, 0.6) is 0 Å². The van der Waals surface area contributed by atoms with E-state index < -0.39 is 29.7 Å². The SMILES string of the molecule is CCOC[C@](N)(C(=O)O)C(=O)OC(C)(C)C. The minimum absolute atomic E-state index is 0.273. The molecule has 16 heavy (non-hydrogen) atoms. The fourth-order valence-corrected chi connectivity index (χ4v) is 0.840. The van der Waals surface area contributed by atoms with Crippen LogP contribution in [-0.2, 0) is 19.1 Å². The molecule has 3 N–H and O–H groups in total. The summed E-state index contributed by atoms with van der Waals surface area (Å²) in [6.45, 7) is 6.44. The quantitative estimate of drug-likeness (QED) is 0.518. The third kappa shape index (κ3) is 4.16. The first-order valence-corrected chi connectivity index (χ1v) is 4.97. The van der Waals surface area contributed by atoms with E-state index >= 15 is 0 Å². The van der Waals surface area contributed by atoms with E-state index in [-0.39, 0.29) is 6.61 Å². The van der Waals surface area contributed by atoms with Crippen molar-refractivity contribution in [1.82, 2.24) is 0 Å². The van der Waals surface area contributed by atoms with Gasteiger partial charge in [-0.25, -0.2) is 9.59 Å². The predicted octanol–water partition coefficient (Wildman–Crippen LogP) is 0.147. The molecule has 0 aromatic carbocycles. The molecule has 0 spiro atoms. The number of esters is 1. The van der Waals surface area contributed by atoms with Gasteiger partial charge in [0.25, 0.3) is 0 Å². The van der Waals surface area contributed by atoms with Crippen molar-refractivity contribution in [3.05, 3.63) is 0 Å². The molecule has 0 rings (SSSR count). The molecule has 0 unspecified atom stereocenters. The number of carboxylic acids is 1. The van der Waals surface area contributed by atoms with Gasteiger partial charge in [0.05, 0.1) is 6.61 Å². The number of aliphatic carboxylic acids is 1. The normalized spacial score (nSPS) is 15.3. The zero-order chi connectivity index (χ0) is 13.0. The van der Waals surface area contributed by atoms with Gasteiger partial charge in [0.1, 0.15) is 5.60 Å². The van der Waals surface area contributed by atoms with Gasteiger partial charge in [-0.15, -0.1) is 0 Å². The largest absolute Gasteiger partial charge is 0.479 e. The summed E-state index contributed by atoms with van der Waals surface area (Å²) in [4.78, 5) is 22.6. The molecular formula is C10H19NO5. The average Bonchev–Trinajstić information content (AvgIpc) is 2.10. The van der Waals surface area contributed by atoms with Gasteiger partial charge in [0.2, 0.25) is 5.54 Å². The molecule has 0 aliphatic rings. The van der Waals surface area contributed by atoms with E-state index in [0.717, 1.165) is 0 Å². The van der Waals surface area contributed by atoms with E-state index in [4.69, 9.17) is 20.3 Å². The second kappa shape index (κ2) is 5.27. The Hall–Kier alpha value is -1.14. The number of nitrogens with two attached hydrogens (primary N) is 1. The number of carbonyl (C=O) groups excluding carboxylic acids is 1. The second-order valence-corrected chi connectivity index (χ2v) is 4.42. The molecule has 94 valence electrons. The molecule has 6 nitrogen and oxygen atoms in total. The van der Waals surface area contributed by atoms with Crippen molar-refractivity contribution in [3.8, 4) is 0 Å². The van der Waals surface area contributed by atoms with Crippen LogP contribution in [-0.4, -0.2) is 41.4 Å². The lowest BCUT2D eigenvalue weighted by atomic mass is 10.0. The summed E-state index contributed by atoms with van der Waals surface area (Å²) in [5, 5.41) is 8.92. The van der Waals surface area contributed by atoms with E-state index in [0.29, 0.717) is 0 Å². The lowest BCUT2D eigenvalue weighted by Gasteiger charge is -2.27. The van der Waals surface area contributed by atoms with E-state index in [1.807, 2.05) is 0 Å². The highest BCUT2D eigenvalue weighted by atomic mass is 16.6. The summed E-state index contributed by atoms with van der Waals surface area (Å²) in [6.07, 6.45) is 0. The Balaban J connectivity index is 4.77. The topological polar surface area (TPSA) is 98.9 Å². The van der Waals surface area contributed by atoms with Crippen molar-refractivity contribution < 1.29 is 24.2 Å². The van der Waals surface area contributed by atoms with Crippen LogP contribution in [0, 0.1) is 0 Å². The lowest BCUT2D eigenvalue weighted by molar-refractivity contribution is -0.172. The van der Waals surface area contributed by atoms with Gasteiger partial charge in [0, 0.05) is 6.61 Å². The number of hydrogen-bond donors (Lipinski definition) is 2. The molecule has 0 radical (unpaired) electrons. The number of ether oxygens (including phenoxy) is 2. The zero-order valence-corrected chi connectivity index (χ0v) is 10.1. The zero-order valence-electron chi connectivity index (χ0n) is 10.1. The molecule has 0 aromatic rings. The van der Waals surface area contributed by atoms with Gasteiger partial charge >= 0.3 is 11.9 Å². The van der Waals surface area contributed by atoms with Gasteiger partial charge in [-0.2, -0.15) is 0 Å². The van der Waals surface area contributed by atoms with Crippen LogP contribution < -0.4 is 5.73 Å². The first-order valence-electron chi connectivity index (χ1n) is 4.97. The maximum atomic E-state index is 11.6. The minimum atomic E-state index is -2.15. The summed E-state index contributed by atoms with van der Waals surface area (Å²) in [5.74, 6) is -2.46. The van der Waals surface area contributed by atoms with Crippen molar-refractivity contribution in [2.75, 3.05) is 13.2 Å². The molecule has 0 bridgehead atoms. The second-order valence-electron chi connectivity index (χ2n) is 4.42. The van der Waals surface area contributed by atoms with Gasteiger partial charge in [-0.3, -0.25) is 0 Å². The molecule has 6 heteroatoms. The van der Waals surface area contributed by atoms with Crippen molar-refractivity contribution in [1.29, 1.82) is 0 Å². The Morgan fingerprint density at radius 1 is 1.31 bits per heavy atom. The number of carbonyl (C=O) groups is 2. The Morgan fingerprint density at radius 2 is 1.81 bits per heavy atom. The molecule has 0 fully saturated rings. The number of hydrogen-bond acceptors (Lipinski definition) is 5. The van der Waals surface area contributed by atoms with E-state index in [1.165, 1.54) is 0 Å². The van der Waals surface area contributed by atoms with Crippen LogP contribution >= 0.6 is 0 Å². The van der Waals surface area contributed by atoms with Crippen LogP contribution in [0.4, 0.5) is 0 Å². The number of carboxylic acid groups (broad SMARTS) is 1. The smallest absolute Gasteiger partial charge is 0.340 e. The van der Waals surface area contributed by atoms with Crippen molar-refractivity contribution >= 4 is 11.9 Å². The van der Waals surface area contributed by atoms with Crippen LogP contribution in [0.25, 0.3) is 0 Å². The molecular weight excluding hydrogens is 214 g/mol.